The number of aliphatic hydroxyl groups is 1. The molecule has 5 atom stereocenters. The summed E-state index contributed by atoms with van der Waals surface area (Å²) in [6.07, 6.45) is 0.215. The molecule has 0 saturated carbocycles. The number of halogens is 3. The van der Waals surface area contributed by atoms with E-state index in [-0.39, 0.29) is 36.7 Å². The van der Waals surface area contributed by atoms with Crippen LogP contribution in [0.2, 0.25) is 0 Å². The van der Waals surface area contributed by atoms with Crippen molar-refractivity contribution in [1.29, 1.82) is 0 Å². The van der Waals surface area contributed by atoms with Crippen LogP contribution >= 0.6 is 34.8 Å². The second kappa shape index (κ2) is 13.2. The molecule has 2 aliphatic heterocycles. The molecule has 0 aromatic heterocycles. The summed E-state index contributed by atoms with van der Waals surface area (Å²) in [5.74, 6) is -1.07. The first-order valence-electron chi connectivity index (χ1n) is 13.7. The summed E-state index contributed by atoms with van der Waals surface area (Å²) in [5, 5.41) is 12.1. The molecule has 2 aliphatic rings. The standard InChI is InChI=1S/C30H37Cl3N2O6/c1-18-24(16-35-14-6-9-23(35)26(37)41-29(2,3)4)39-27(40-25(18)20-12-10-19(17-36)11-13-20)21-7-5-8-22(15-21)34-28(38)30(31,32)33/h5,7-8,10-13,15,18,23-25,27,36H,6,9,14,16-17H2,1-4H3,(H,34,38)/t18-,23-,24+,25+,27+/m0/s1. The van der Waals surface area contributed by atoms with Gasteiger partial charge in [-0.15, -0.1) is 0 Å². The van der Waals surface area contributed by atoms with E-state index in [0.717, 1.165) is 30.5 Å². The Morgan fingerprint density at radius 2 is 1.78 bits per heavy atom. The Bertz CT molecular complexity index is 1210. The molecule has 11 heteroatoms. The summed E-state index contributed by atoms with van der Waals surface area (Å²) in [6.45, 7) is 8.90. The van der Waals surface area contributed by atoms with Gasteiger partial charge in [0.25, 0.3) is 9.70 Å². The minimum Gasteiger partial charge on any atom is -0.459 e. The van der Waals surface area contributed by atoms with E-state index in [1.54, 1.807) is 18.2 Å². The zero-order valence-corrected chi connectivity index (χ0v) is 25.9. The number of amides is 1. The maximum atomic E-state index is 13.0. The Morgan fingerprint density at radius 1 is 1.07 bits per heavy atom. The van der Waals surface area contributed by atoms with Crippen LogP contribution in [0, 0.1) is 5.92 Å². The number of hydrogen-bond acceptors (Lipinski definition) is 7. The number of nitrogens with one attached hydrogen (secondary N) is 1. The summed E-state index contributed by atoms with van der Waals surface area (Å²) in [4.78, 5) is 27.4. The number of carbonyl (C=O) groups is 2. The normalized spacial score (nSPS) is 25.6. The van der Waals surface area contributed by atoms with Crippen LogP contribution in [0.4, 0.5) is 5.69 Å². The van der Waals surface area contributed by atoms with Gasteiger partial charge >= 0.3 is 5.97 Å². The van der Waals surface area contributed by atoms with E-state index in [1.165, 1.54) is 0 Å². The van der Waals surface area contributed by atoms with Crippen molar-refractivity contribution in [3.05, 3.63) is 65.2 Å². The van der Waals surface area contributed by atoms with E-state index in [0.29, 0.717) is 17.8 Å². The molecule has 0 unspecified atom stereocenters. The number of aliphatic hydroxyl groups excluding tert-OH is 1. The lowest BCUT2D eigenvalue weighted by Gasteiger charge is -2.43. The third-order valence-corrected chi connectivity index (χ3v) is 7.77. The predicted molar refractivity (Wildman–Crippen MR) is 159 cm³/mol. The van der Waals surface area contributed by atoms with Gasteiger partial charge in [0.15, 0.2) is 6.29 Å². The monoisotopic (exact) mass is 626 g/mol. The molecule has 8 nitrogen and oxygen atoms in total. The molecule has 41 heavy (non-hydrogen) atoms. The molecule has 1 amide bonds. The first-order valence-corrected chi connectivity index (χ1v) is 14.8. The van der Waals surface area contributed by atoms with Crippen molar-refractivity contribution in [2.75, 3.05) is 18.4 Å². The molecule has 2 aromatic carbocycles. The van der Waals surface area contributed by atoms with Crippen molar-refractivity contribution in [3.63, 3.8) is 0 Å². The topological polar surface area (TPSA) is 97.3 Å². The van der Waals surface area contributed by atoms with Gasteiger partial charge in [0.2, 0.25) is 0 Å². The summed E-state index contributed by atoms with van der Waals surface area (Å²) in [7, 11) is 0. The first-order chi connectivity index (χ1) is 19.2. The molecule has 0 bridgehead atoms. The molecule has 2 N–H and O–H groups in total. The number of nitrogens with zero attached hydrogens (tertiary/aromatic N) is 1. The number of anilines is 1. The fourth-order valence-corrected chi connectivity index (χ4v) is 5.35. The minimum absolute atomic E-state index is 0.0521. The molecule has 2 saturated heterocycles. The highest BCUT2D eigenvalue weighted by atomic mass is 35.6. The maximum absolute atomic E-state index is 13.0. The molecule has 0 aliphatic carbocycles. The van der Waals surface area contributed by atoms with Crippen molar-refractivity contribution in [2.45, 2.75) is 81.1 Å². The van der Waals surface area contributed by atoms with E-state index in [1.807, 2.05) is 51.1 Å². The van der Waals surface area contributed by atoms with E-state index in [9.17, 15) is 14.7 Å². The molecule has 0 spiro atoms. The number of rotatable bonds is 7. The highest BCUT2D eigenvalue weighted by Crippen LogP contribution is 2.43. The minimum atomic E-state index is -2.11. The van der Waals surface area contributed by atoms with Crippen molar-refractivity contribution in [3.8, 4) is 0 Å². The molecule has 4 rings (SSSR count). The highest BCUT2D eigenvalue weighted by Gasteiger charge is 2.42. The van der Waals surface area contributed by atoms with Crippen LogP contribution < -0.4 is 5.32 Å². The molecular weight excluding hydrogens is 591 g/mol. The lowest BCUT2D eigenvalue weighted by Crippen LogP contribution is -2.48. The van der Waals surface area contributed by atoms with Gasteiger partial charge in [-0.1, -0.05) is 78.1 Å². The van der Waals surface area contributed by atoms with E-state index in [2.05, 4.69) is 17.1 Å². The van der Waals surface area contributed by atoms with Gasteiger partial charge in [-0.3, -0.25) is 14.5 Å². The smallest absolute Gasteiger partial charge is 0.323 e. The SMILES string of the molecule is C[C@H]1[C@@H](CN2CCC[C@H]2C(=O)OC(C)(C)C)O[C@@H](c2cccc(NC(=O)C(Cl)(Cl)Cl)c2)O[C@H]1c1ccc(CO)cc1. The molecule has 0 radical (unpaired) electrons. The van der Waals surface area contributed by atoms with Crippen LogP contribution in [0.1, 0.15) is 69.6 Å². The predicted octanol–water partition coefficient (Wildman–Crippen LogP) is 6.09. The average molecular weight is 628 g/mol. The molecule has 2 fully saturated rings. The van der Waals surface area contributed by atoms with E-state index in [4.69, 9.17) is 49.0 Å². The molecule has 224 valence electrons. The second-order valence-electron chi connectivity index (χ2n) is 11.6. The zero-order chi connectivity index (χ0) is 29.9. The maximum Gasteiger partial charge on any atom is 0.323 e. The van der Waals surface area contributed by atoms with Crippen LogP contribution in [-0.4, -0.2) is 56.5 Å². The van der Waals surface area contributed by atoms with Gasteiger partial charge in [0.05, 0.1) is 18.8 Å². The summed E-state index contributed by atoms with van der Waals surface area (Å²) >= 11 is 17.2. The summed E-state index contributed by atoms with van der Waals surface area (Å²) in [6, 6.07) is 14.3. The van der Waals surface area contributed by atoms with E-state index < -0.39 is 21.6 Å². The largest absolute Gasteiger partial charge is 0.459 e. The number of carbonyl (C=O) groups excluding carboxylic acids is 2. The fourth-order valence-electron chi connectivity index (χ4n) is 5.21. The van der Waals surface area contributed by atoms with E-state index >= 15 is 0 Å². The van der Waals surface area contributed by atoms with Crippen LogP contribution in [0.25, 0.3) is 0 Å². The number of hydrogen-bond donors (Lipinski definition) is 2. The first kappa shape index (κ1) is 32.0. The Labute approximate surface area is 256 Å². The van der Waals surface area contributed by atoms with Gasteiger partial charge in [0, 0.05) is 23.7 Å². The van der Waals surface area contributed by atoms with Crippen LogP contribution in [0.15, 0.2) is 48.5 Å². The van der Waals surface area contributed by atoms with Crippen LogP contribution in [-0.2, 0) is 30.4 Å². The number of likely N-dealkylation sites (tertiary alicyclic amines) is 1. The van der Waals surface area contributed by atoms with Crippen molar-refractivity contribution < 1.29 is 28.9 Å². The lowest BCUT2D eigenvalue weighted by molar-refractivity contribution is -0.276. The quantitative estimate of drug-likeness (QED) is 0.283. The summed E-state index contributed by atoms with van der Waals surface area (Å²) in [5.41, 5.74) is 2.27. The van der Waals surface area contributed by atoms with Crippen molar-refractivity contribution >= 4 is 52.4 Å². The van der Waals surface area contributed by atoms with Gasteiger partial charge in [-0.2, -0.15) is 0 Å². The number of ether oxygens (including phenoxy) is 3. The number of alkyl halides is 3. The van der Waals surface area contributed by atoms with Gasteiger partial charge < -0.3 is 24.6 Å². The van der Waals surface area contributed by atoms with Crippen molar-refractivity contribution in [2.24, 2.45) is 5.92 Å². The van der Waals surface area contributed by atoms with Crippen LogP contribution in [0.5, 0.6) is 0 Å². The number of esters is 1. The summed E-state index contributed by atoms with van der Waals surface area (Å²) < 4.78 is 16.7. The highest BCUT2D eigenvalue weighted by molar-refractivity contribution is 6.76. The third kappa shape index (κ3) is 8.35. The van der Waals surface area contributed by atoms with Crippen LogP contribution in [0.3, 0.4) is 0 Å². The average Bonchev–Trinajstić information content (AvgIpc) is 3.37. The van der Waals surface area contributed by atoms with Gasteiger partial charge in [-0.25, -0.2) is 0 Å². The fraction of sp³-hybridized carbons (Fsp3) is 0.533. The Kier molecular flexibility index (Phi) is 10.3. The molecule has 2 heterocycles. The second-order valence-corrected chi connectivity index (χ2v) is 13.9. The number of benzene rings is 2. The van der Waals surface area contributed by atoms with Crippen molar-refractivity contribution in [1.82, 2.24) is 4.90 Å². The molecule has 2 aromatic rings. The van der Waals surface area contributed by atoms with Gasteiger partial charge in [-0.05, 0) is 63.4 Å². The Hall–Kier alpha value is -1.91. The molecular formula is C30H37Cl3N2O6. The zero-order valence-electron chi connectivity index (χ0n) is 23.6. The third-order valence-electron chi connectivity index (χ3n) is 7.25. The Balaban J connectivity index is 1.60. The Morgan fingerprint density at radius 3 is 2.41 bits per heavy atom. The van der Waals surface area contributed by atoms with Gasteiger partial charge in [0.1, 0.15) is 11.6 Å². The lowest BCUT2D eigenvalue weighted by atomic mass is 9.90.